The molecule has 4 aliphatic rings. The Kier molecular flexibility index (Phi) is 32.6. The highest BCUT2D eigenvalue weighted by molar-refractivity contribution is 5.32. The predicted octanol–water partition coefficient (Wildman–Crippen LogP) is 2.43. The highest BCUT2D eigenvalue weighted by Gasteiger charge is 2.56. The zero-order chi connectivity index (χ0) is 55.2. The van der Waals surface area contributed by atoms with Crippen molar-refractivity contribution in [1.82, 2.24) is 0 Å². The van der Waals surface area contributed by atoms with Gasteiger partial charge in [0.1, 0.15) is 110 Å². The standard InChI is InChI=1S/C53H88O23.16H2/c1-4-6-8-10-11-12-13-14-15-16-17-18-19-21-24-65-28-29-68-33-37-48(74-51-44(62)41(59)40(58)36(71-51)31-66-25-20-9-7-5-2)43(61)45(63)52(72-37)75-49-38(32-67-26-22-54)73-53(50(46(49)64)69-27-23-55)76-47-35(30-56)70-34(3)39(57)42(47)60;;;;;;;;;;;;;;;;/h2,34-64H,4,6,8,10-19,21-24,26-33H2,1,3H3;16*1H/t34-,35-,36?,37-,38?,39?,40+,41-,42?,43?,44?,45?,46-,47+,48+,49+,50?,51-,52-,53-;;;;;;;;;;;;;;;;/m0................/s1. The largest absolute Gasteiger partial charge is 0.443 e. The average Bonchev–Trinajstić information content (AvgIpc) is 3.41. The van der Waals surface area contributed by atoms with E-state index in [1.807, 2.05) is 0 Å². The summed E-state index contributed by atoms with van der Waals surface area (Å²) in [6.07, 6.45) is -7.05. The second kappa shape index (κ2) is 37.5. The van der Waals surface area contributed by atoms with Crippen molar-refractivity contribution < 1.29 is 136 Å². The predicted molar refractivity (Wildman–Crippen MR) is 301 cm³/mol. The number of rotatable bonds is 36. The third-order valence-corrected chi connectivity index (χ3v) is 13.7. The van der Waals surface area contributed by atoms with Crippen LogP contribution in [0.1, 0.15) is 127 Å². The summed E-state index contributed by atoms with van der Waals surface area (Å²) in [5.74, 6) is 9.05. The summed E-state index contributed by atoms with van der Waals surface area (Å²) < 4.78 is 70.6. The Balaban J connectivity index is -0.000000355. The van der Waals surface area contributed by atoms with Gasteiger partial charge in [0, 0.05) is 41.3 Å². The fourth-order valence-corrected chi connectivity index (χ4v) is 9.40. The van der Waals surface area contributed by atoms with Crippen molar-refractivity contribution >= 4 is 0 Å². The van der Waals surface area contributed by atoms with Crippen LogP contribution in [0.4, 0.5) is 0 Å². The molecule has 0 saturated carbocycles. The van der Waals surface area contributed by atoms with Crippen molar-refractivity contribution in [2.45, 2.75) is 226 Å². The Labute approximate surface area is 471 Å². The van der Waals surface area contributed by atoms with Gasteiger partial charge >= 0.3 is 0 Å². The molecule has 23 nitrogen and oxygen atoms in total. The molecule has 0 aliphatic carbocycles. The second-order valence-corrected chi connectivity index (χ2v) is 19.5. The van der Waals surface area contributed by atoms with Gasteiger partial charge < -0.3 is 113 Å². The minimum atomic E-state index is -2.00. The van der Waals surface area contributed by atoms with Crippen molar-refractivity contribution in [3.63, 3.8) is 0 Å². The van der Waals surface area contributed by atoms with Crippen LogP contribution >= 0.6 is 0 Å². The second-order valence-electron chi connectivity index (χ2n) is 19.5. The first kappa shape index (κ1) is 66.1. The van der Waals surface area contributed by atoms with Crippen LogP contribution in [0.15, 0.2) is 0 Å². The Morgan fingerprint density at radius 2 is 0.934 bits per heavy atom. The Morgan fingerprint density at radius 1 is 0.434 bits per heavy atom. The van der Waals surface area contributed by atoms with Gasteiger partial charge in [-0.2, -0.15) is 0 Å². The van der Waals surface area contributed by atoms with E-state index < -0.39 is 156 Å². The van der Waals surface area contributed by atoms with E-state index in [1.165, 1.54) is 77.6 Å². The van der Waals surface area contributed by atoms with Gasteiger partial charge in [-0.15, -0.1) is 6.42 Å². The number of aliphatic hydroxyl groups is 11. The van der Waals surface area contributed by atoms with E-state index in [1.54, 1.807) is 0 Å². The first-order chi connectivity index (χ1) is 36.8. The van der Waals surface area contributed by atoms with E-state index in [4.69, 9.17) is 63.3 Å². The number of terminal acetylenes is 1. The van der Waals surface area contributed by atoms with E-state index in [-0.39, 0.29) is 55.9 Å². The van der Waals surface area contributed by atoms with Crippen LogP contribution in [0.25, 0.3) is 0 Å². The number of hydrogen-bond acceptors (Lipinski definition) is 23. The molecule has 76 heavy (non-hydrogen) atoms. The lowest BCUT2D eigenvalue weighted by molar-refractivity contribution is -0.388. The van der Waals surface area contributed by atoms with Crippen LogP contribution in [0, 0.1) is 36.2 Å². The molecule has 8 unspecified atom stereocenters. The molecule has 470 valence electrons. The molecule has 4 heterocycles. The lowest BCUT2D eigenvalue weighted by atomic mass is 9.94. The molecule has 4 rings (SSSR count). The maximum absolute atomic E-state index is 12.0. The smallest absolute Gasteiger partial charge is 0.187 e. The lowest BCUT2D eigenvalue weighted by Gasteiger charge is -2.50. The normalized spacial score (nSPS) is 35.6. The maximum atomic E-state index is 12.0. The van der Waals surface area contributed by atoms with Crippen LogP contribution in [-0.2, 0) is 56.8 Å². The highest BCUT2D eigenvalue weighted by Crippen LogP contribution is 2.35. The quantitative estimate of drug-likeness (QED) is 0.0317. The van der Waals surface area contributed by atoms with Crippen molar-refractivity contribution in [3.8, 4) is 36.2 Å². The Bertz CT molecular complexity index is 1760. The van der Waals surface area contributed by atoms with Crippen molar-refractivity contribution in [2.24, 2.45) is 0 Å². The van der Waals surface area contributed by atoms with Crippen LogP contribution in [0.2, 0.25) is 0 Å². The zero-order valence-corrected chi connectivity index (χ0v) is 44.1. The first-order valence-corrected chi connectivity index (χ1v) is 27.1. The van der Waals surface area contributed by atoms with E-state index in [0.29, 0.717) is 6.61 Å². The van der Waals surface area contributed by atoms with Gasteiger partial charge in [0.15, 0.2) is 18.9 Å². The minimum absolute atomic E-state index is 0. The van der Waals surface area contributed by atoms with Crippen molar-refractivity contribution in [3.05, 3.63) is 0 Å². The van der Waals surface area contributed by atoms with Gasteiger partial charge in [-0.3, -0.25) is 0 Å². The maximum Gasteiger partial charge on any atom is 0.187 e. The van der Waals surface area contributed by atoms with Crippen LogP contribution in [0.5, 0.6) is 0 Å². The molecule has 4 fully saturated rings. The van der Waals surface area contributed by atoms with Crippen molar-refractivity contribution in [1.29, 1.82) is 0 Å². The van der Waals surface area contributed by atoms with E-state index >= 15 is 0 Å². The minimum Gasteiger partial charge on any atom is -0.443 e. The monoisotopic (exact) mass is 1120 g/mol. The van der Waals surface area contributed by atoms with Gasteiger partial charge in [-0.25, -0.2) is 0 Å². The fraction of sp³-hybridized carbons (Fsp3) is 0.887. The molecule has 20 atom stereocenters. The van der Waals surface area contributed by atoms with Gasteiger partial charge in [0.05, 0.1) is 65.6 Å². The Morgan fingerprint density at radius 3 is 1.53 bits per heavy atom. The molecular formula is C53H120O23. The summed E-state index contributed by atoms with van der Waals surface area (Å²) in [6.45, 7) is 1.13. The summed E-state index contributed by atoms with van der Waals surface area (Å²) >= 11 is 0. The van der Waals surface area contributed by atoms with E-state index in [2.05, 4.69) is 36.7 Å². The van der Waals surface area contributed by atoms with Gasteiger partial charge in [-0.05, 0) is 25.2 Å². The van der Waals surface area contributed by atoms with Gasteiger partial charge in [-0.1, -0.05) is 90.4 Å². The molecular weight excluding hydrogens is 1000 g/mol. The van der Waals surface area contributed by atoms with E-state index in [0.717, 1.165) is 19.3 Å². The molecule has 0 amide bonds. The van der Waals surface area contributed by atoms with Gasteiger partial charge in [0.2, 0.25) is 0 Å². The number of unbranched alkanes of at least 4 members (excludes halogenated alkanes) is 13. The molecule has 0 aromatic rings. The van der Waals surface area contributed by atoms with Crippen LogP contribution in [0.3, 0.4) is 0 Å². The lowest BCUT2D eigenvalue weighted by Crippen LogP contribution is -2.68. The third kappa shape index (κ3) is 21.2. The fourth-order valence-electron chi connectivity index (χ4n) is 9.40. The van der Waals surface area contributed by atoms with Crippen molar-refractivity contribution in [2.75, 3.05) is 72.7 Å². The molecule has 0 bridgehead atoms. The summed E-state index contributed by atoms with van der Waals surface area (Å²) in [7, 11) is 0. The SMILES string of the molecule is C#CC#CC#COCC1O[C@@H](O[C@H]2C(O)C(O)[C@H](O[C@@H]3C(COCCO)O[C@@H](O[C@H]4C(O)C(O)[C@H](C)O[C@H]4CO)C(OCCO)[C@H]3O)O[C@H]2COCCOCCCCCCCCCCCCCCCC)C(O)[C@@H](O)[C@@H]1O.[HH].[HH].[HH].[HH].[HH].[HH].[HH].[HH].[HH].[HH].[HH].[HH].[HH].[HH].[HH].[HH]. The molecule has 0 aromatic heterocycles. The van der Waals surface area contributed by atoms with Gasteiger partial charge in [0.25, 0.3) is 0 Å². The average molecular weight is 1130 g/mol. The topological polar surface area (TPSA) is 333 Å². The molecule has 23 heteroatoms. The molecule has 0 radical (unpaired) electrons. The highest BCUT2D eigenvalue weighted by atomic mass is 16.8. The number of hydrogen-bond donors (Lipinski definition) is 11. The first-order valence-electron chi connectivity index (χ1n) is 27.1. The summed E-state index contributed by atoms with van der Waals surface area (Å²) in [5, 5.41) is 119. The third-order valence-electron chi connectivity index (χ3n) is 13.7. The number of ether oxygens (including phenoxy) is 12. The molecule has 0 spiro atoms. The molecule has 11 N–H and O–H groups in total. The van der Waals surface area contributed by atoms with Crippen LogP contribution < -0.4 is 0 Å². The summed E-state index contributed by atoms with van der Waals surface area (Å²) in [5.41, 5.74) is 0. The summed E-state index contributed by atoms with van der Waals surface area (Å²) in [4.78, 5) is 0. The molecule has 4 aliphatic heterocycles. The molecule has 4 saturated heterocycles. The van der Waals surface area contributed by atoms with Crippen LogP contribution in [-0.4, -0.2) is 251 Å². The molecule has 0 aromatic carbocycles. The van der Waals surface area contributed by atoms with E-state index in [9.17, 15) is 56.2 Å². The summed E-state index contributed by atoms with van der Waals surface area (Å²) in [6, 6.07) is 0. The zero-order valence-electron chi connectivity index (χ0n) is 44.1. The Hall–Kier alpha value is -2.40. The number of aliphatic hydroxyl groups excluding tert-OH is 11.